The zero-order chi connectivity index (χ0) is 13.8. The Labute approximate surface area is 122 Å². The predicted molar refractivity (Wildman–Crippen MR) is 84.9 cm³/mol. The van der Waals surface area contributed by atoms with Crippen molar-refractivity contribution in [1.82, 2.24) is 5.32 Å². The molecule has 0 amide bonds. The van der Waals surface area contributed by atoms with Crippen LogP contribution in [0.3, 0.4) is 0 Å². The number of nitrogens with one attached hydrogen (secondary N) is 1. The fourth-order valence-electron chi connectivity index (χ4n) is 2.93. The predicted octanol–water partition coefficient (Wildman–Crippen LogP) is 4.21. The first-order valence-electron chi connectivity index (χ1n) is 7.68. The Balaban J connectivity index is 1.82. The highest BCUT2D eigenvalue weighted by Crippen LogP contribution is 2.32. The molecule has 1 atom stereocenters. The van der Waals surface area contributed by atoms with Crippen LogP contribution in [0.5, 0.6) is 0 Å². The molecule has 3 rings (SSSR count). The quantitative estimate of drug-likeness (QED) is 0.825. The average Bonchev–Trinajstić information content (AvgIpc) is 3.32. The molecular weight excluding hydrogens is 242 g/mol. The van der Waals surface area contributed by atoms with Crippen LogP contribution in [0.1, 0.15) is 36.8 Å². The van der Waals surface area contributed by atoms with E-state index in [2.05, 4.69) is 72.9 Å². The molecule has 0 radical (unpaired) electrons. The molecule has 0 saturated heterocycles. The van der Waals surface area contributed by atoms with E-state index in [0.29, 0.717) is 11.8 Å². The van der Waals surface area contributed by atoms with Gasteiger partial charge in [0.05, 0.1) is 0 Å². The van der Waals surface area contributed by atoms with Crippen molar-refractivity contribution in [2.75, 3.05) is 6.54 Å². The van der Waals surface area contributed by atoms with Crippen LogP contribution in [0.2, 0.25) is 0 Å². The standard InChI is InChI=1S/C19H23N/c1-15(14-20-18-12-13-18)19(16-8-4-2-5-9-16)17-10-6-3-7-11-17/h2-11,15,18-20H,12-14H2,1H3. The number of benzene rings is 2. The molecule has 0 bridgehead atoms. The minimum absolute atomic E-state index is 0.476. The first-order valence-corrected chi connectivity index (χ1v) is 7.68. The maximum absolute atomic E-state index is 3.68. The van der Waals surface area contributed by atoms with Crippen molar-refractivity contribution < 1.29 is 0 Å². The van der Waals surface area contributed by atoms with E-state index >= 15 is 0 Å². The van der Waals surface area contributed by atoms with Crippen LogP contribution in [-0.4, -0.2) is 12.6 Å². The lowest BCUT2D eigenvalue weighted by Crippen LogP contribution is -2.27. The minimum atomic E-state index is 0.476. The second kappa shape index (κ2) is 6.23. The maximum atomic E-state index is 3.68. The summed E-state index contributed by atoms with van der Waals surface area (Å²) in [5.41, 5.74) is 2.84. The van der Waals surface area contributed by atoms with E-state index in [1.807, 2.05) is 0 Å². The summed E-state index contributed by atoms with van der Waals surface area (Å²) in [5, 5.41) is 3.68. The van der Waals surface area contributed by atoms with Crippen LogP contribution < -0.4 is 5.32 Å². The molecule has 104 valence electrons. The molecule has 2 aromatic rings. The lowest BCUT2D eigenvalue weighted by molar-refractivity contribution is 0.464. The van der Waals surface area contributed by atoms with E-state index in [-0.39, 0.29) is 0 Å². The van der Waals surface area contributed by atoms with Gasteiger partial charge < -0.3 is 5.32 Å². The summed E-state index contributed by atoms with van der Waals surface area (Å²) in [4.78, 5) is 0. The van der Waals surface area contributed by atoms with Crippen molar-refractivity contribution in [3.05, 3.63) is 71.8 Å². The molecule has 2 aromatic carbocycles. The highest BCUT2D eigenvalue weighted by Gasteiger charge is 2.25. The lowest BCUT2D eigenvalue weighted by atomic mass is 9.81. The summed E-state index contributed by atoms with van der Waals surface area (Å²) in [6.07, 6.45) is 2.71. The summed E-state index contributed by atoms with van der Waals surface area (Å²) in [7, 11) is 0. The van der Waals surface area contributed by atoms with Crippen molar-refractivity contribution in [1.29, 1.82) is 0 Å². The van der Waals surface area contributed by atoms with E-state index in [1.165, 1.54) is 24.0 Å². The number of rotatable bonds is 6. The average molecular weight is 265 g/mol. The molecule has 20 heavy (non-hydrogen) atoms. The van der Waals surface area contributed by atoms with Gasteiger partial charge >= 0.3 is 0 Å². The van der Waals surface area contributed by atoms with E-state index in [0.717, 1.165) is 12.6 Å². The van der Waals surface area contributed by atoms with Crippen LogP contribution in [-0.2, 0) is 0 Å². The van der Waals surface area contributed by atoms with Gasteiger partial charge in [0.1, 0.15) is 0 Å². The Bertz CT molecular complexity index is 476. The van der Waals surface area contributed by atoms with Crippen molar-refractivity contribution in [2.24, 2.45) is 5.92 Å². The fraction of sp³-hybridized carbons (Fsp3) is 0.368. The first kappa shape index (κ1) is 13.4. The zero-order valence-electron chi connectivity index (χ0n) is 12.1. The number of hydrogen-bond acceptors (Lipinski definition) is 1. The fourth-order valence-corrected chi connectivity index (χ4v) is 2.93. The summed E-state index contributed by atoms with van der Waals surface area (Å²) in [6, 6.07) is 22.6. The molecule has 0 spiro atoms. The molecule has 1 fully saturated rings. The van der Waals surface area contributed by atoms with Crippen molar-refractivity contribution in [2.45, 2.75) is 31.7 Å². The van der Waals surface area contributed by atoms with Gasteiger partial charge in [0.2, 0.25) is 0 Å². The SMILES string of the molecule is CC(CNC1CC1)C(c1ccccc1)c1ccccc1. The largest absolute Gasteiger partial charge is 0.314 e. The first-order chi connectivity index (χ1) is 9.84. The summed E-state index contributed by atoms with van der Waals surface area (Å²) >= 11 is 0. The molecule has 1 unspecified atom stereocenters. The highest BCUT2D eigenvalue weighted by atomic mass is 14.9. The molecular formula is C19H23N. The monoisotopic (exact) mass is 265 g/mol. The van der Waals surface area contributed by atoms with Gasteiger partial charge in [-0.25, -0.2) is 0 Å². The molecule has 0 aromatic heterocycles. The third-order valence-electron chi connectivity index (χ3n) is 4.19. The lowest BCUT2D eigenvalue weighted by Gasteiger charge is -2.25. The minimum Gasteiger partial charge on any atom is -0.314 e. The van der Waals surface area contributed by atoms with Gasteiger partial charge in [0.15, 0.2) is 0 Å². The van der Waals surface area contributed by atoms with Crippen LogP contribution >= 0.6 is 0 Å². The second-order valence-electron chi connectivity index (χ2n) is 5.96. The maximum Gasteiger partial charge on any atom is 0.0127 e. The third-order valence-corrected chi connectivity index (χ3v) is 4.19. The molecule has 1 heteroatoms. The van der Waals surface area contributed by atoms with E-state index in [4.69, 9.17) is 0 Å². The Hall–Kier alpha value is -1.60. The Morgan fingerprint density at radius 3 is 1.85 bits per heavy atom. The van der Waals surface area contributed by atoms with E-state index in [9.17, 15) is 0 Å². The van der Waals surface area contributed by atoms with Crippen LogP contribution in [0, 0.1) is 5.92 Å². The molecule has 0 heterocycles. The Morgan fingerprint density at radius 2 is 1.40 bits per heavy atom. The Morgan fingerprint density at radius 1 is 0.900 bits per heavy atom. The van der Waals surface area contributed by atoms with Gasteiger partial charge in [0, 0.05) is 12.0 Å². The normalized spacial score (nSPS) is 16.3. The molecule has 1 aliphatic carbocycles. The topological polar surface area (TPSA) is 12.0 Å². The Kier molecular flexibility index (Phi) is 4.17. The van der Waals surface area contributed by atoms with Crippen LogP contribution in [0.25, 0.3) is 0 Å². The second-order valence-corrected chi connectivity index (χ2v) is 5.96. The van der Waals surface area contributed by atoms with E-state index < -0.39 is 0 Å². The van der Waals surface area contributed by atoms with Gasteiger partial charge in [-0.05, 0) is 36.4 Å². The number of hydrogen-bond donors (Lipinski definition) is 1. The molecule has 1 nitrogen and oxygen atoms in total. The molecule has 0 aliphatic heterocycles. The molecule has 1 saturated carbocycles. The van der Waals surface area contributed by atoms with Gasteiger partial charge in [0.25, 0.3) is 0 Å². The van der Waals surface area contributed by atoms with Crippen LogP contribution in [0.15, 0.2) is 60.7 Å². The van der Waals surface area contributed by atoms with Gasteiger partial charge in [-0.2, -0.15) is 0 Å². The third kappa shape index (κ3) is 3.29. The van der Waals surface area contributed by atoms with Crippen molar-refractivity contribution in [3.8, 4) is 0 Å². The highest BCUT2D eigenvalue weighted by molar-refractivity contribution is 5.33. The summed E-state index contributed by atoms with van der Waals surface area (Å²) in [6.45, 7) is 3.46. The van der Waals surface area contributed by atoms with Crippen LogP contribution in [0.4, 0.5) is 0 Å². The van der Waals surface area contributed by atoms with Crippen molar-refractivity contribution in [3.63, 3.8) is 0 Å². The summed E-state index contributed by atoms with van der Waals surface area (Å²) in [5.74, 6) is 1.07. The molecule has 1 N–H and O–H groups in total. The van der Waals surface area contributed by atoms with Crippen molar-refractivity contribution >= 4 is 0 Å². The molecule has 1 aliphatic rings. The van der Waals surface area contributed by atoms with Gasteiger partial charge in [-0.3, -0.25) is 0 Å². The zero-order valence-corrected chi connectivity index (χ0v) is 12.1. The summed E-state index contributed by atoms with van der Waals surface area (Å²) < 4.78 is 0. The smallest absolute Gasteiger partial charge is 0.0127 e. The van der Waals surface area contributed by atoms with E-state index in [1.54, 1.807) is 0 Å². The van der Waals surface area contributed by atoms with Gasteiger partial charge in [-0.1, -0.05) is 67.6 Å². The van der Waals surface area contributed by atoms with Gasteiger partial charge in [-0.15, -0.1) is 0 Å².